The number of Topliss-reactive ketones (excluding diaryl/α,β-unsaturated/α-hetero) is 1. The zero-order chi connectivity index (χ0) is 17.6. The molecule has 0 atom stereocenters. The molecule has 0 radical (unpaired) electrons. The molecule has 3 rings (SSSR count). The Morgan fingerprint density at radius 3 is 2.56 bits per heavy atom. The number of carbonyl (C=O) groups excluding carboxylic acids is 2. The van der Waals surface area contributed by atoms with Gasteiger partial charge in [0.1, 0.15) is 0 Å². The van der Waals surface area contributed by atoms with Crippen molar-refractivity contribution in [1.82, 2.24) is 0 Å². The first-order valence-electron chi connectivity index (χ1n) is 8.42. The largest absolute Gasteiger partial charge is 0.490 e. The van der Waals surface area contributed by atoms with Gasteiger partial charge in [0, 0.05) is 30.5 Å². The van der Waals surface area contributed by atoms with Crippen LogP contribution in [0, 0.1) is 6.92 Å². The number of hydrogen-bond donors (Lipinski definition) is 1. The third-order valence-electron chi connectivity index (χ3n) is 4.07. The maximum Gasteiger partial charge on any atom is 0.224 e. The maximum atomic E-state index is 12.4. The molecule has 1 aliphatic rings. The lowest BCUT2D eigenvalue weighted by molar-refractivity contribution is -0.116. The zero-order valence-electron chi connectivity index (χ0n) is 14.2. The van der Waals surface area contributed by atoms with E-state index in [-0.39, 0.29) is 24.5 Å². The van der Waals surface area contributed by atoms with Crippen LogP contribution in [0.25, 0.3) is 0 Å². The van der Waals surface area contributed by atoms with Crippen LogP contribution in [0.3, 0.4) is 0 Å². The van der Waals surface area contributed by atoms with Crippen molar-refractivity contribution in [2.24, 2.45) is 0 Å². The van der Waals surface area contributed by atoms with Crippen LogP contribution in [-0.4, -0.2) is 24.9 Å². The van der Waals surface area contributed by atoms with E-state index in [9.17, 15) is 9.59 Å². The number of aryl methyl sites for hydroxylation is 1. The summed E-state index contributed by atoms with van der Waals surface area (Å²) in [5.74, 6) is 0.992. The molecule has 0 saturated carbocycles. The average Bonchev–Trinajstić information content (AvgIpc) is 2.86. The molecule has 2 aromatic carbocycles. The second-order valence-corrected chi connectivity index (χ2v) is 6.00. The fourth-order valence-electron chi connectivity index (χ4n) is 2.63. The quantitative estimate of drug-likeness (QED) is 0.843. The van der Waals surface area contributed by atoms with Crippen molar-refractivity contribution in [1.29, 1.82) is 0 Å². The standard InChI is InChI=1S/C20H21NO4/c1-14-5-2-3-6-16(14)21-20(23)10-8-17(22)15-7-9-18-19(13-15)25-12-4-11-24-18/h2-3,5-7,9,13H,4,8,10-12H2,1H3,(H,21,23). The van der Waals surface area contributed by atoms with Crippen LogP contribution in [0.4, 0.5) is 5.69 Å². The molecule has 1 N–H and O–H groups in total. The van der Waals surface area contributed by atoms with Crippen LogP contribution in [-0.2, 0) is 4.79 Å². The average molecular weight is 339 g/mol. The number of fused-ring (bicyclic) bond motifs is 1. The van der Waals surface area contributed by atoms with Gasteiger partial charge in [0.2, 0.25) is 5.91 Å². The molecule has 2 aromatic rings. The van der Waals surface area contributed by atoms with Crippen LogP contribution in [0.2, 0.25) is 0 Å². The van der Waals surface area contributed by atoms with Crippen LogP contribution in [0.15, 0.2) is 42.5 Å². The molecular weight excluding hydrogens is 318 g/mol. The summed E-state index contributed by atoms with van der Waals surface area (Å²) in [6.45, 7) is 3.11. The second-order valence-electron chi connectivity index (χ2n) is 6.00. The number of anilines is 1. The lowest BCUT2D eigenvalue weighted by Gasteiger charge is -2.09. The fraction of sp³-hybridized carbons (Fsp3) is 0.300. The van der Waals surface area contributed by atoms with Gasteiger partial charge in [-0.15, -0.1) is 0 Å². The van der Waals surface area contributed by atoms with Crippen molar-refractivity contribution >= 4 is 17.4 Å². The number of rotatable bonds is 5. The maximum absolute atomic E-state index is 12.4. The Kier molecular flexibility index (Phi) is 5.33. The Hall–Kier alpha value is -2.82. The molecular formula is C20H21NO4. The van der Waals surface area contributed by atoms with Gasteiger partial charge in [-0.3, -0.25) is 9.59 Å². The molecule has 1 heterocycles. The smallest absolute Gasteiger partial charge is 0.224 e. The summed E-state index contributed by atoms with van der Waals surface area (Å²) in [4.78, 5) is 24.4. The third kappa shape index (κ3) is 4.38. The van der Waals surface area contributed by atoms with Crippen molar-refractivity contribution in [3.8, 4) is 11.5 Å². The molecule has 0 aromatic heterocycles. The SMILES string of the molecule is Cc1ccccc1NC(=O)CCC(=O)c1ccc2c(c1)OCCCO2. The van der Waals surface area contributed by atoms with Crippen molar-refractivity contribution < 1.29 is 19.1 Å². The Morgan fingerprint density at radius 2 is 1.76 bits per heavy atom. The first kappa shape index (κ1) is 17.0. The molecule has 0 saturated heterocycles. The molecule has 1 aliphatic heterocycles. The molecule has 0 unspecified atom stereocenters. The molecule has 25 heavy (non-hydrogen) atoms. The second kappa shape index (κ2) is 7.83. The van der Waals surface area contributed by atoms with Crippen molar-refractivity contribution in [3.63, 3.8) is 0 Å². The van der Waals surface area contributed by atoms with Gasteiger partial charge in [0.25, 0.3) is 0 Å². The van der Waals surface area contributed by atoms with Gasteiger partial charge in [0.05, 0.1) is 13.2 Å². The Morgan fingerprint density at radius 1 is 1.00 bits per heavy atom. The Labute approximate surface area is 147 Å². The lowest BCUT2D eigenvalue weighted by atomic mass is 10.1. The first-order valence-corrected chi connectivity index (χ1v) is 8.42. The molecule has 0 aliphatic carbocycles. The van der Waals surface area contributed by atoms with Crippen molar-refractivity contribution in [2.75, 3.05) is 18.5 Å². The van der Waals surface area contributed by atoms with E-state index in [0.29, 0.717) is 30.3 Å². The fourth-order valence-corrected chi connectivity index (χ4v) is 2.63. The van der Waals surface area contributed by atoms with Crippen LogP contribution >= 0.6 is 0 Å². The summed E-state index contributed by atoms with van der Waals surface area (Å²) in [6.07, 6.45) is 1.11. The van der Waals surface area contributed by atoms with E-state index in [0.717, 1.165) is 17.7 Å². The van der Waals surface area contributed by atoms with Gasteiger partial charge in [-0.05, 0) is 36.8 Å². The highest BCUT2D eigenvalue weighted by Crippen LogP contribution is 2.30. The number of ether oxygens (including phenoxy) is 2. The first-order chi connectivity index (χ1) is 12.1. The van der Waals surface area contributed by atoms with E-state index >= 15 is 0 Å². The molecule has 1 amide bonds. The van der Waals surface area contributed by atoms with E-state index in [1.165, 1.54) is 0 Å². The summed E-state index contributed by atoms with van der Waals surface area (Å²) in [5, 5.41) is 2.84. The summed E-state index contributed by atoms with van der Waals surface area (Å²) >= 11 is 0. The predicted octanol–water partition coefficient (Wildman–Crippen LogP) is 3.76. The van der Waals surface area contributed by atoms with Gasteiger partial charge in [-0.25, -0.2) is 0 Å². The van der Waals surface area contributed by atoms with Crippen LogP contribution in [0.5, 0.6) is 11.5 Å². The molecule has 5 heteroatoms. The van der Waals surface area contributed by atoms with E-state index in [2.05, 4.69) is 5.32 Å². The minimum Gasteiger partial charge on any atom is -0.490 e. The molecule has 0 fully saturated rings. The molecule has 5 nitrogen and oxygen atoms in total. The zero-order valence-corrected chi connectivity index (χ0v) is 14.2. The summed E-state index contributed by atoms with van der Waals surface area (Å²) < 4.78 is 11.2. The van der Waals surface area contributed by atoms with Gasteiger partial charge >= 0.3 is 0 Å². The van der Waals surface area contributed by atoms with E-state index in [4.69, 9.17) is 9.47 Å². The number of hydrogen-bond acceptors (Lipinski definition) is 4. The highest BCUT2D eigenvalue weighted by molar-refractivity contribution is 6.00. The number of amides is 1. The van der Waals surface area contributed by atoms with Gasteiger partial charge in [-0.1, -0.05) is 18.2 Å². The Balaban J connectivity index is 1.58. The topological polar surface area (TPSA) is 64.6 Å². The number of ketones is 1. The summed E-state index contributed by atoms with van der Waals surface area (Å²) in [6, 6.07) is 12.7. The molecule has 0 bridgehead atoms. The normalized spacial score (nSPS) is 13.0. The highest BCUT2D eigenvalue weighted by atomic mass is 16.5. The highest BCUT2D eigenvalue weighted by Gasteiger charge is 2.15. The molecule has 0 spiro atoms. The van der Waals surface area contributed by atoms with Crippen molar-refractivity contribution in [3.05, 3.63) is 53.6 Å². The third-order valence-corrected chi connectivity index (χ3v) is 4.07. The van der Waals surface area contributed by atoms with Gasteiger partial charge < -0.3 is 14.8 Å². The van der Waals surface area contributed by atoms with E-state index in [1.807, 2.05) is 31.2 Å². The predicted molar refractivity (Wildman–Crippen MR) is 95.4 cm³/mol. The Bertz CT molecular complexity index is 785. The lowest BCUT2D eigenvalue weighted by Crippen LogP contribution is -2.14. The van der Waals surface area contributed by atoms with E-state index in [1.54, 1.807) is 18.2 Å². The van der Waals surface area contributed by atoms with E-state index < -0.39 is 0 Å². The van der Waals surface area contributed by atoms with Crippen LogP contribution < -0.4 is 14.8 Å². The molecule has 130 valence electrons. The summed E-state index contributed by atoms with van der Waals surface area (Å²) in [5.41, 5.74) is 2.30. The monoisotopic (exact) mass is 339 g/mol. The number of benzene rings is 2. The number of para-hydroxylation sites is 1. The number of carbonyl (C=O) groups is 2. The van der Waals surface area contributed by atoms with Gasteiger partial charge in [0.15, 0.2) is 17.3 Å². The van der Waals surface area contributed by atoms with Crippen LogP contribution in [0.1, 0.15) is 35.2 Å². The minimum atomic E-state index is -0.169. The minimum absolute atomic E-state index is 0.0874. The number of nitrogens with one attached hydrogen (secondary N) is 1. The van der Waals surface area contributed by atoms with Crippen molar-refractivity contribution in [2.45, 2.75) is 26.2 Å². The summed E-state index contributed by atoms with van der Waals surface area (Å²) in [7, 11) is 0. The van der Waals surface area contributed by atoms with Gasteiger partial charge in [-0.2, -0.15) is 0 Å².